The molecule has 0 amide bonds. The fraction of sp³-hybridized carbons (Fsp3) is 0.562. The maximum absolute atomic E-state index is 4.72. The fourth-order valence-electron chi connectivity index (χ4n) is 3.53. The van der Waals surface area contributed by atoms with Gasteiger partial charge < -0.3 is 0 Å². The van der Waals surface area contributed by atoms with Crippen LogP contribution in [-0.4, -0.2) is 25.5 Å². The molecular formula is C32H52N2. The predicted octanol–water partition coefficient (Wildman–Crippen LogP) is 9.68. The van der Waals surface area contributed by atoms with Crippen LogP contribution >= 0.6 is 0 Å². The zero-order valence-electron chi connectivity index (χ0n) is 25.2. The summed E-state index contributed by atoms with van der Waals surface area (Å²) in [6, 6.07) is 0. The van der Waals surface area contributed by atoms with Crippen molar-refractivity contribution in [1.29, 1.82) is 0 Å². The van der Waals surface area contributed by atoms with Crippen LogP contribution in [0.1, 0.15) is 96.9 Å². The van der Waals surface area contributed by atoms with Gasteiger partial charge in [0.2, 0.25) is 0 Å². The molecule has 0 unspecified atom stereocenters. The van der Waals surface area contributed by atoms with Crippen molar-refractivity contribution < 1.29 is 0 Å². The van der Waals surface area contributed by atoms with Gasteiger partial charge >= 0.3 is 0 Å². The van der Waals surface area contributed by atoms with E-state index >= 15 is 0 Å². The van der Waals surface area contributed by atoms with Crippen molar-refractivity contribution in [2.75, 3.05) is 14.1 Å². The lowest BCUT2D eigenvalue weighted by Crippen LogP contribution is -2.27. The second-order valence-corrected chi connectivity index (χ2v) is 11.0. The quantitative estimate of drug-likeness (QED) is 0.292. The molecule has 0 saturated heterocycles. The fourth-order valence-corrected chi connectivity index (χ4v) is 3.53. The molecule has 0 aliphatic heterocycles. The van der Waals surface area contributed by atoms with Crippen LogP contribution in [0.4, 0.5) is 0 Å². The number of hydrogen-bond donors (Lipinski definition) is 0. The molecule has 0 atom stereocenters. The van der Waals surface area contributed by atoms with Crippen LogP contribution in [0.2, 0.25) is 0 Å². The van der Waals surface area contributed by atoms with E-state index in [0.29, 0.717) is 0 Å². The van der Waals surface area contributed by atoms with Gasteiger partial charge in [-0.3, -0.25) is 9.98 Å². The van der Waals surface area contributed by atoms with Crippen molar-refractivity contribution in [3.05, 3.63) is 68.9 Å². The van der Waals surface area contributed by atoms with Gasteiger partial charge in [-0.05, 0) is 74.7 Å². The first-order valence-corrected chi connectivity index (χ1v) is 12.7. The second kappa shape index (κ2) is 13.0. The van der Waals surface area contributed by atoms with Crippen LogP contribution < -0.4 is 0 Å². The van der Waals surface area contributed by atoms with Crippen LogP contribution in [0.5, 0.6) is 0 Å². The van der Waals surface area contributed by atoms with Gasteiger partial charge in [0.1, 0.15) is 0 Å². The molecule has 0 aromatic heterocycles. The Labute approximate surface area is 212 Å². The number of aliphatic imine (C=N–C) groups is 2. The molecular weight excluding hydrogens is 412 g/mol. The van der Waals surface area contributed by atoms with Crippen molar-refractivity contribution in [2.24, 2.45) is 20.8 Å². The van der Waals surface area contributed by atoms with Crippen molar-refractivity contribution in [3.63, 3.8) is 0 Å². The van der Waals surface area contributed by atoms with Gasteiger partial charge in [0.05, 0.1) is 11.4 Å². The molecule has 0 spiro atoms. The summed E-state index contributed by atoms with van der Waals surface area (Å²) in [4.78, 5) is 9.44. The Balaban J connectivity index is 0.00000529. The molecule has 1 aliphatic carbocycles. The minimum Gasteiger partial charge on any atom is -0.286 e. The number of rotatable bonds is 4. The molecule has 0 radical (unpaired) electrons. The first-order valence-electron chi connectivity index (χ1n) is 12.7. The molecule has 2 heteroatoms. The van der Waals surface area contributed by atoms with E-state index in [1.54, 1.807) is 0 Å². The lowest BCUT2D eigenvalue weighted by Gasteiger charge is -2.27. The van der Waals surface area contributed by atoms with E-state index in [4.69, 9.17) is 9.98 Å². The molecule has 1 aliphatic rings. The molecule has 0 fully saturated rings. The normalized spacial score (nSPS) is 19.8. The lowest BCUT2D eigenvalue weighted by molar-refractivity contribution is 0.504. The van der Waals surface area contributed by atoms with Gasteiger partial charge in [0.25, 0.3) is 0 Å². The van der Waals surface area contributed by atoms with Crippen molar-refractivity contribution in [2.45, 2.75) is 96.9 Å². The van der Waals surface area contributed by atoms with Gasteiger partial charge in [-0.15, -0.1) is 0 Å². The van der Waals surface area contributed by atoms with Gasteiger partial charge in [-0.1, -0.05) is 90.8 Å². The first-order chi connectivity index (χ1) is 15.6. The highest BCUT2D eigenvalue weighted by atomic mass is 14.8. The summed E-state index contributed by atoms with van der Waals surface area (Å²) in [6.07, 6.45) is 8.94. The topological polar surface area (TPSA) is 24.7 Å². The monoisotopic (exact) mass is 464 g/mol. The summed E-state index contributed by atoms with van der Waals surface area (Å²) in [7, 11) is 3.75. The minimum absolute atomic E-state index is 0.161. The third kappa shape index (κ3) is 7.93. The molecule has 2 nitrogen and oxygen atoms in total. The van der Waals surface area contributed by atoms with E-state index in [1.165, 1.54) is 44.6 Å². The Bertz CT molecular complexity index is 901. The molecule has 0 aromatic carbocycles. The SMILES string of the molecule is CC.CN=C1C(=NC)C(/C(C)=C/C=C(\C)C(C)(C)C)=C(C)C(C)=C1/C(C)=C/C=C(\C)C(C)(C)C. The summed E-state index contributed by atoms with van der Waals surface area (Å²) in [6.45, 7) is 30.7. The van der Waals surface area contributed by atoms with Gasteiger partial charge in [-0.2, -0.15) is 0 Å². The smallest absolute Gasteiger partial charge is 0.0906 e. The Morgan fingerprint density at radius 2 is 0.824 bits per heavy atom. The predicted molar refractivity (Wildman–Crippen MR) is 157 cm³/mol. The van der Waals surface area contributed by atoms with Gasteiger partial charge in [0, 0.05) is 25.2 Å². The van der Waals surface area contributed by atoms with Crippen LogP contribution in [0.15, 0.2) is 78.9 Å². The van der Waals surface area contributed by atoms with Gasteiger partial charge in [-0.25, -0.2) is 0 Å². The molecule has 0 N–H and O–H groups in total. The lowest BCUT2D eigenvalue weighted by atomic mass is 9.78. The summed E-state index contributed by atoms with van der Waals surface area (Å²) >= 11 is 0. The molecule has 0 aromatic rings. The standard InChI is InChI=1S/C30H46N2.C2H6/c1-19(15-17-21(3)29(7,8)9)25-23(5)24(6)26(28(32-14)27(25)31-13)20(2)16-18-22(4)30(10,11)12;1-2/h15-18H,1-14H3;1-2H3/b19-15+,20-16+,21-17+,22-18+,31-27?,32-28?;. The van der Waals surface area contributed by atoms with Crippen molar-refractivity contribution >= 4 is 11.4 Å². The number of nitrogens with zero attached hydrogens (tertiary/aromatic N) is 2. The highest BCUT2D eigenvalue weighted by molar-refractivity contribution is 6.56. The molecule has 34 heavy (non-hydrogen) atoms. The number of hydrogen-bond acceptors (Lipinski definition) is 2. The Kier molecular flexibility index (Phi) is 12.2. The zero-order chi connectivity index (χ0) is 27.0. The molecule has 0 saturated carbocycles. The summed E-state index contributed by atoms with van der Waals surface area (Å²) in [5, 5.41) is 0. The molecule has 0 bridgehead atoms. The average Bonchev–Trinajstić information content (AvgIpc) is 2.76. The maximum Gasteiger partial charge on any atom is 0.0906 e. The molecule has 1 rings (SSSR count). The molecule has 0 heterocycles. The third-order valence-corrected chi connectivity index (χ3v) is 6.78. The van der Waals surface area contributed by atoms with Crippen LogP contribution in [0.25, 0.3) is 0 Å². The van der Waals surface area contributed by atoms with E-state index in [1.807, 2.05) is 27.9 Å². The van der Waals surface area contributed by atoms with Gasteiger partial charge in [0.15, 0.2) is 0 Å². The first kappa shape index (κ1) is 31.8. The second-order valence-electron chi connectivity index (χ2n) is 11.0. The Morgan fingerprint density at radius 1 is 0.559 bits per heavy atom. The summed E-state index contributed by atoms with van der Waals surface area (Å²) in [5.74, 6) is 0. The van der Waals surface area contributed by atoms with E-state index in [-0.39, 0.29) is 10.8 Å². The minimum atomic E-state index is 0.161. The maximum atomic E-state index is 4.72. The molecule has 190 valence electrons. The summed E-state index contributed by atoms with van der Waals surface area (Å²) < 4.78 is 0. The van der Waals surface area contributed by atoms with E-state index in [2.05, 4.69) is 107 Å². The van der Waals surface area contributed by atoms with Crippen LogP contribution in [0, 0.1) is 10.8 Å². The summed E-state index contributed by atoms with van der Waals surface area (Å²) in [5.41, 5.74) is 12.4. The highest BCUT2D eigenvalue weighted by Crippen LogP contribution is 2.35. The average molecular weight is 465 g/mol. The van der Waals surface area contributed by atoms with E-state index in [9.17, 15) is 0 Å². The van der Waals surface area contributed by atoms with Crippen molar-refractivity contribution in [1.82, 2.24) is 0 Å². The Hall–Kier alpha value is -2.22. The zero-order valence-corrected chi connectivity index (χ0v) is 25.2. The van der Waals surface area contributed by atoms with Crippen LogP contribution in [0.3, 0.4) is 0 Å². The largest absolute Gasteiger partial charge is 0.286 e. The van der Waals surface area contributed by atoms with E-state index < -0.39 is 0 Å². The van der Waals surface area contributed by atoms with Crippen LogP contribution in [-0.2, 0) is 0 Å². The Morgan fingerprint density at radius 3 is 1.03 bits per heavy atom. The third-order valence-electron chi connectivity index (χ3n) is 6.78. The highest BCUT2D eigenvalue weighted by Gasteiger charge is 2.28. The van der Waals surface area contributed by atoms with Crippen molar-refractivity contribution in [3.8, 4) is 0 Å². The number of allylic oxidation sites excluding steroid dienone is 12. The van der Waals surface area contributed by atoms with E-state index in [0.717, 1.165) is 11.4 Å².